The van der Waals surface area contributed by atoms with Crippen LogP contribution in [0.15, 0.2) is 18.2 Å². The van der Waals surface area contributed by atoms with Crippen molar-refractivity contribution in [1.82, 2.24) is 0 Å². The van der Waals surface area contributed by atoms with E-state index in [0.717, 1.165) is 16.9 Å². The maximum Gasteiger partial charge on any atom is 0.125 e. The summed E-state index contributed by atoms with van der Waals surface area (Å²) in [5.41, 5.74) is 2.17. The molecule has 96 valence electrons. The molecule has 1 unspecified atom stereocenters. The second-order valence-electron chi connectivity index (χ2n) is 4.57. The second kappa shape index (κ2) is 6.62. The fourth-order valence-corrected chi connectivity index (χ4v) is 1.56. The summed E-state index contributed by atoms with van der Waals surface area (Å²) < 4.78 is 11.0. The normalized spacial score (nSPS) is 12.8. The third-order valence-corrected chi connectivity index (χ3v) is 2.45. The van der Waals surface area contributed by atoms with E-state index < -0.39 is 6.10 Å². The molecule has 17 heavy (non-hydrogen) atoms. The molecule has 0 aromatic heterocycles. The Labute approximate surface area is 103 Å². The summed E-state index contributed by atoms with van der Waals surface area (Å²) >= 11 is 0. The summed E-state index contributed by atoms with van der Waals surface area (Å²) in [6.45, 7) is 8.46. The summed E-state index contributed by atoms with van der Waals surface area (Å²) in [5.74, 6) is 0.857. The van der Waals surface area contributed by atoms with Crippen LogP contribution < -0.4 is 4.74 Å². The van der Waals surface area contributed by atoms with Gasteiger partial charge in [-0.2, -0.15) is 0 Å². The van der Waals surface area contributed by atoms with E-state index in [2.05, 4.69) is 0 Å². The van der Waals surface area contributed by atoms with E-state index in [9.17, 15) is 5.11 Å². The molecule has 0 heterocycles. The Morgan fingerprint density at radius 3 is 2.24 bits per heavy atom. The van der Waals surface area contributed by atoms with Gasteiger partial charge in [-0.05, 0) is 38.8 Å². The van der Waals surface area contributed by atoms with E-state index in [1.54, 1.807) is 0 Å². The highest BCUT2D eigenvalue weighted by molar-refractivity contribution is 5.39. The van der Waals surface area contributed by atoms with Crippen LogP contribution in [0.5, 0.6) is 5.75 Å². The van der Waals surface area contributed by atoms with Gasteiger partial charge in [-0.3, -0.25) is 0 Å². The number of aliphatic hydroxyl groups is 1. The number of benzene rings is 1. The molecule has 0 aliphatic heterocycles. The van der Waals surface area contributed by atoms with Crippen LogP contribution in [0.2, 0.25) is 0 Å². The maximum atomic E-state index is 9.69. The minimum Gasteiger partial charge on any atom is -0.490 e. The van der Waals surface area contributed by atoms with Crippen molar-refractivity contribution in [2.45, 2.75) is 39.9 Å². The van der Waals surface area contributed by atoms with Crippen molar-refractivity contribution in [3.05, 3.63) is 29.3 Å². The first kappa shape index (κ1) is 14.0. The van der Waals surface area contributed by atoms with Crippen LogP contribution in [0.3, 0.4) is 0 Å². The fourth-order valence-electron chi connectivity index (χ4n) is 1.56. The average molecular weight is 238 g/mol. The Morgan fingerprint density at radius 1 is 1.12 bits per heavy atom. The molecule has 0 aliphatic rings. The zero-order valence-electron chi connectivity index (χ0n) is 11.1. The number of para-hydroxylation sites is 1. The first-order valence-electron chi connectivity index (χ1n) is 5.99. The van der Waals surface area contributed by atoms with Gasteiger partial charge < -0.3 is 14.6 Å². The number of aryl methyl sites for hydroxylation is 2. The molecule has 0 bridgehead atoms. The zero-order chi connectivity index (χ0) is 12.8. The molecule has 0 radical (unpaired) electrons. The second-order valence-corrected chi connectivity index (χ2v) is 4.57. The molecule has 1 atom stereocenters. The van der Waals surface area contributed by atoms with Crippen LogP contribution in [-0.4, -0.2) is 30.5 Å². The minimum atomic E-state index is -0.587. The molecule has 1 aromatic carbocycles. The summed E-state index contributed by atoms with van der Waals surface area (Å²) in [7, 11) is 0. The summed E-state index contributed by atoms with van der Waals surface area (Å²) in [5, 5.41) is 9.69. The predicted octanol–water partition coefficient (Wildman–Crippen LogP) is 2.47. The lowest BCUT2D eigenvalue weighted by Gasteiger charge is -2.16. The minimum absolute atomic E-state index is 0.129. The van der Waals surface area contributed by atoms with E-state index in [1.165, 1.54) is 0 Å². The van der Waals surface area contributed by atoms with Gasteiger partial charge >= 0.3 is 0 Å². The molecule has 1 N–H and O–H groups in total. The highest BCUT2D eigenvalue weighted by Gasteiger charge is 2.09. The van der Waals surface area contributed by atoms with E-state index in [-0.39, 0.29) is 12.7 Å². The fraction of sp³-hybridized carbons (Fsp3) is 0.571. The Bertz CT molecular complexity index is 327. The molecule has 3 heteroatoms. The molecule has 0 amide bonds. The maximum absolute atomic E-state index is 9.69. The van der Waals surface area contributed by atoms with Crippen LogP contribution in [-0.2, 0) is 4.74 Å². The van der Waals surface area contributed by atoms with Crippen molar-refractivity contribution in [2.75, 3.05) is 13.2 Å². The Kier molecular flexibility index (Phi) is 5.45. The molecule has 3 nitrogen and oxygen atoms in total. The molecular weight excluding hydrogens is 216 g/mol. The van der Waals surface area contributed by atoms with Gasteiger partial charge in [-0.1, -0.05) is 18.2 Å². The smallest absolute Gasteiger partial charge is 0.125 e. The topological polar surface area (TPSA) is 38.7 Å². The lowest BCUT2D eigenvalue weighted by Crippen LogP contribution is -2.25. The summed E-state index contributed by atoms with van der Waals surface area (Å²) in [6, 6.07) is 5.99. The highest BCUT2D eigenvalue weighted by atomic mass is 16.5. The van der Waals surface area contributed by atoms with Crippen molar-refractivity contribution in [1.29, 1.82) is 0 Å². The van der Waals surface area contributed by atoms with Gasteiger partial charge in [0.1, 0.15) is 18.5 Å². The van der Waals surface area contributed by atoms with Gasteiger partial charge in [-0.25, -0.2) is 0 Å². The highest BCUT2D eigenvalue weighted by Crippen LogP contribution is 2.22. The van der Waals surface area contributed by atoms with Crippen LogP contribution in [0.4, 0.5) is 0 Å². The first-order valence-corrected chi connectivity index (χ1v) is 5.99. The standard InChI is InChI=1S/C14H22O3/c1-10(2)16-8-13(15)9-17-14-11(3)6-5-7-12(14)4/h5-7,10,13,15H,8-9H2,1-4H3. The SMILES string of the molecule is Cc1cccc(C)c1OCC(O)COC(C)C. The van der Waals surface area contributed by atoms with Crippen molar-refractivity contribution in [3.8, 4) is 5.75 Å². The number of aliphatic hydroxyl groups excluding tert-OH is 1. The zero-order valence-corrected chi connectivity index (χ0v) is 11.1. The van der Waals surface area contributed by atoms with Gasteiger partial charge in [0.15, 0.2) is 0 Å². The number of hydrogen-bond donors (Lipinski definition) is 1. The molecule has 0 saturated carbocycles. The quantitative estimate of drug-likeness (QED) is 0.827. The summed E-state index contributed by atoms with van der Waals surface area (Å²) in [6.07, 6.45) is -0.457. The molecule has 0 fully saturated rings. The average Bonchev–Trinajstić information content (AvgIpc) is 2.25. The van der Waals surface area contributed by atoms with Gasteiger partial charge in [-0.15, -0.1) is 0 Å². The van der Waals surface area contributed by atoms with E-state index in [1.807, 2.05) is 45.9 Å². The lowest BCUT2D eigenvalue weighted by molar-refractivity contribution is -0.0124. The molecule has 1 rings (SSSR count). The Hall–Kier alpha value is -1.06. The third kappa shape index (κ3) is 4.75. The third-order valence-electron chi connectivity index (χ3n) is 2.45. The summed E-state index contributed by atoms with van der Waals surface area (Å²) in [4.78, 5) is 0. The van der Waals surface area contributed by atoms with Crippen molar-refractivity contribution in [3.63, 3.8) is 0 Å². The number of hydrogen-bond acceptors (Lipinski definition) is 3. The lowest BCUT2D eigenvalue weighted by atomic mass is 10.1. The van der Waals surface area contributed by atoms with E-state index >= 15 is 0 Å². The van der Waals surface area contributed by atoms with E-state index in [4.69, 9.17) is 9.47 Å². The van der Waals surface area contributed by atoms with Crippen molar-refractivity contribution in [2.24, 2.45) is 0 Å². The van der Waals surface area contributed by atoms with Crippen LogP contribution in [0.1, 0.15) is 25.0 Å². The molecule has 1 aromatic rings. The van der Waals surface area contributed by atoms with Crippen molar-refractivity contribution >= 4 is 0 Å². The van der Waals surface area contributed by atoms with Gasteiger partial charge in [0.25, 0.3) is 0 Å². The number of ether oxygens (including phenoxy) is 2. The van der Waals surface area contributed by atoms with E-state index in [0.29, 0.717) is 6.61 Å². The predicted molar refractivity (Wildman–Crippen MR) is 68.5 cm³/mol. The largest absolute Gasteiger partial charge is 0.490 e. The molecule has 0 saturated heterocycles. The van der Waals surface area contributed by atoms with Gasteiger partial charge in [0, 0.05) is 0 Å². The Balaban J connectivity index is 2.44. The monoisotopic (exact) mass is 238 g/mol. The Morgan fingerprint density at radius 2 is 1.71 bits per heavy atom. The van der Waals surface area contributed by atoms with Gasteiger partial charge in [0.2, 0.25) is 0 Å². The van der Waals surface area contributed by atoms with Crippen LogP contribution >= 0.6 is 0 Å². The van der Waals surface area contributed by atoms with Crippen LogP contribution in [0.25, 0.3) is 0 Å². The van der Waals surface area contributed by atoms with Gasteiger partial charge in [0.05, 0.1) is 12.7 Å². The van der Waals surface area contributed by atoms with Crippen molar-refractivity contribution < 1.29 is 14.6 Å². The first-order chi connectivity index (χ1) is 8.00. The number of rotatable bonds is 6. The van der Waals surface area contributed by atoms with Crippen LogP contribution in [0, 0.1) is 13.8 Å². The molecular formula is C14H22O3. The molecule has 0 aliphatic carbocycles. The molecule has 0 spiro atoms.